The predicted molar refractivity (Wildman–Crippen MR) is 78.3 cm³/mol. The maximum Gasteiger partial charge on any atom is 0.387 e. The first kappa shape index (κ1) is 15.9. The highest BCUT2D eigenvalue weighted by Crippen LogP contribution is 2.26. The smallest absolute Gasteiger partial charge is 0.387 e. The molecule has 1 aliphatic heterocycles. The van der Waals surface area contributed by atoms with Crippen LogP contribution in [0.4, 0.5) is 8.78 Å². The maximum atomic E-state index is 12.3. The van der Waals surface area contributed by atoms with Crippen LogP contribution in [0.25, 0.3) is 0 Å². The zero-order valence-electron chi connectivity index (χ0n) is 12.7. The molecule has 124 valence electrons. The van der Waals surface area contributed by atoms with Crippen LogP contribution in [-0.2, 0) is 11.3 Å². The lowest BCUT2D eigenvalue weighted by molar-refractivity contribution is -0.0510. The Bertz CT molecular complexity index is 648. The molecule has 0 spiro atoms. The van der Waals surface area contributed by atoms with Gasteiger partial charge < -0.3 is 14.0 Å². The van der Waals surface area contributed by atoms with Gasteiger partial charge in [0.1, 0.15) is 5.75 Å². The minimum atomic E-state index is -2.83. The number of morpholine rings is 1. The fraction of sp³-hybridized carbons (Fsp3) is 0.438. The SMILES string of the molecule is Cc1cc(CN2CCO[C@H](c3cccc(OC(F)F)c3)C2)on1. The number of alkyl halides is 2. The molecule has 7 heteroatoms. The number of aryl methyl sites for hydroxylation is 1. The molecule has 0 unspecified atom stereocenters. The Labute approximate surface area is 132 Å². The molecule has 1 aromatic carbocycles. The van der Waals surface area contributed by atoms with Crippen LogP contribution in [0.1, 0.15) is 23.1 Å². The van der Waals surface area contributed by atoms with E-state index in [1.807, 2.05) is 19.1 Å². The Morgan fingerprint density at radius 1 is 1.39 bits per heavy atom. The van der Waals surface area contributed by atoms with Crippen molar-refractivity contribution in [2.45, 2.75) is 26.2 Å². The number of halogens is 2. The van der Waals surface area contributed by atoms with Gasteiger partial charge in [0.25, 0.3) is 0 Å². The Hall–Kier alpha value is -1.99. The van der Waals surface area contributed by atoms with Gasteiger partial charge in [0.05, 0.1) is 24.9 Å². The Balaban J connectivity index is 1.66. The molecule has 2 aromatic rings. The van der Waals surface area contributed by atoms with E-state index >= 15 is 0 Å². The van der Waals surface area contributed by atoms with Crippen LogP contribution in [0.5, 0.6) is 5.75 Å². The maximum absolute atomic E-state index is 12.3. The lowest BCUT2D eigenvalue weighted by atomic mass is 10.1. The molecule has 0 amide bonds. The van der Waals surface area contributed by atoms with E-state index in [9.17, 15) is 8.78 Å². The molecule has 1 aliphatic rings. The third-order valence-corrected chi connectivity index (χ3v) is 3.66. The Morgan fingerprint density at radius 2 is 2.26 bits per heavy atom. The van der Waals surface area contributed by atoms with E-state index in [2.05, 4.69) is 14.8 Å². The van der Waals surface area contributed by atoms with Crippen LogP contribution in [0.2, 0.25) is 0 Å². The highest BCUT2D eigenvalue weighted by molar-refractivity contribution is 5.30. The summed E-state index contributed by atoms with van der Waals surface area (Å²) in [6.07, 6.45) is -0.186. The summed E-state index contributed by atoms with van der Waals surface area (Å²) in [5.74, 6) is 0.946. The van der Waals surface area contributed by atoms with Crippen molar-refractivity contribution in [1.82, 2.24) is 10.1 Å². The largest absolute Gasteiger partial charge is 0.435 e. The van der Waals surface area contributed by atoms with Crippen molar-refractivity contribution in [3.05, 3.63) is 47.3 Å². The fourth-order valence-electron chi connectivity index (χ4n) is 2.65. The Kier molecular flexibility index (Phi) is 4.88. The highest BCUT2D eigenvalue weighted by atomic mass is 19.3. The first-order valence-corrected chi connectivity index (χ1v) is 7.41. The third kappa shape index (κ3) is 4.27. The van der Waals surface area contributed by atoms with Crippen LogP contribution in [0, 0.1) is 6.92 Å². The van der Waals surface area contributed by atoms with Crippen LogP contribution < -0.4 is 4.74 Å². The summed E-state index contributed by atoms with van der Waals surface area (Å²) in [4.78, 5) is 2.19. The van der Waals surface area contributed by atoms with Crippen molar-refractivity contribution in [3.8, 4) is 5.75 Å². The molecule has 1 aromatic heterocycles. The van der Waals surface area contributed by atoms with Crippen molar-refractivity contribution >= 4 is 0 Å². The topological polar surface area (TPSA) is 47.7 Å². The quantitative estimate of drug-likeness (QED) is 0.845. The second-order valence-corrected chi connectivity index (χ2v) is 5.48. The van der Waals surface area contributed by atoms with Gasteiger partial charge in [-0.1, -0.05) is 17.3 Å². The average Bonchev–Trinajstić information content (AvgIpc) is 2.92. The fourth-order valence-corrected chi connectivity index (χ4v) is 2.65. The molecule has 0 saturated carbocycles. The number of rotatable bonds is 5. The molecule has 5 nitrogen and oxygen atoms in total. The highest BCUT2D eigenvalue weighted by Gasteiger charge is 2.23. The van der Waals surface area contributed by atoms with E-state index in [4.69, 9.17) is 9.26 Å². The zero-order chi connectivity index (χ0) is 16.2. The number of benzene rings is 1. The van der Waals surface area contributed by atoms with Gasteiger partial charge in [0, 0.05) is 19.2 Å². The van der Waals surface area contributed by atoms with Crippen molar-refractivity contribution < 1.29 is 22.8 Å². The molecule has 1 fully saturated rings. The molecule has 0 radical (unpaired) electrons. The van der Waals surface area contributed by atoms with E-state index in [0.717, 1.165) is 23.6 Å². The van der Waals surface area contributed by atoms with Gasteiger partial charge in [0.15, 0.2) is 5.76 Å². The molecule has 1 saturated heterocycles. The van der Waals surface area contributed by atoms with Crippen LogP contribution in [-0.4, -0.2) is 36.4 Å². The van der Waals surface area contributed by atoms with Gasteiger partial charge in [0.2, 0.25) is 0 Å². The second kappa shape index (κ2) is 7.06. The minimum absolute atomic E-state index is 0.143. The normalized spacial score (nSPS) is 19.2. The summed E-state index contributed by atoms with van der Waals surface area (Å²) >= 11 is 0. The summed E-state index contributed by atoms with van der Waals surface area (Å²) in [6, 6.07) is 8.55. The lowest BCUT2D eigenvalue weighted by Crippen LogP contribution is -2.37. The zero-order valence-corrected chi connectivity index (χ0v) is 12.7. The first-order valence-electron chi connectivity index (χ1n) is 7.41. The van der Waals surface area contributed by atoms with Gasteiger partial charge in [-0.05, 0) is 24.6 Å². The summed E-state index contributed by atoms with van der Waals surface area (Å²) in [5.41, 5.74) is 1.67. The molecule has 0 N–H and O–H groups in total. The van der Waals surface area contributed by atoms with Crippen LogP contribution in [0.3, 0.4) is 0 Å². The van der Waals surface area contributed by atoms with E-state index in [1.165, 1.54) is 6.07 Å². The van der Waals surface area contributed by atoms with Crippen molar-refractivity contribution in [1.29, 1.82) is 0 Å². The first-order chi connectivity index (χ1) is 11.1. The summed E-state index contributed by atoms with van der Waals surface area (Å²) in [7, 11) is 0. The number of nitrogens with zero attached hydrogens (tertiary/aromatic N) is 2. The molecule has 23 heavy (non-hydrogen) atoms. The van der Waals surface area contributed by atoms with E-state index in [1.54, 1.807) is 12.1 Å². The van der Waals surface area contributed by atoms with Crippen LogP contribution in [0.15, 0.2) is 34.9 Å². The predicted octanol–water partition coefficient (Wildman–Crippen LogP) is 3.16. The number of hydrogen-bond acceptors (Lipinski definition) is 5. The molecule has 3 rings (SSSR count). The second-order valence-electron chi connectivity index (χ2n) is 5.48. The number of ether oxygens (including phenoxy) is 2. The van der Waals surface area contributed by atoms with Gasteiger partial charge in [-0.3, -0.25) is 4.90 Å². The lowest BCUT2D eigenvalue weighted by Gasteiger charge is -2.32. The van der Waals surface area contributed by atoms with Gasteiger partial charge in [-0.25, -0.2) is 0 Å². The van der Waals surface area contributed by atoms with Crippen molar-refractivity contribution in [2.75, 3.05) is 19.7 Å². The molecule has 0 aliphatic carbocycles. The van der Waals surface area contributed by atoms with E-state index < -0.39 is 6.61 Å². The summed E-state index contributed by atoms with van der Waals surface area (Å²) in [6.45, 7) is 1.69. The van der Waals surface area contributed by atoms with Crippen molar-refractivity contribution in [3.63, 3.8) is 0 Å². The molecular weight excluding hydrogens is 306 g/mol. The van der Waals surface area contributed by atoms with E-state index in [0.29, 0.717) is 19.7 Å². The number of hydrogen-bond donors (Lipinski definition) is 0. The summed E-state index contributed by atoms with van der Waals surface area (Å²) < 4.78 is 40.1. The van der Waals surface area contributed by atoms with Gasteiger partial charge in [-0.15, -0.1) is 0 Å². The number of aromatic nitrogens is 1. The molecule has 2 heterocycles. The average molecular weight is 324 g/mol. The minimum Gasteiger partial charge on any atom is -0.435 e. The monoisotopic (exact) mass is 324 g/mol. The van der Waals surface area contributed by atoms with Crippen molar-refractivity contribution in [2.24, 2.45) is 0 Å². The summed E-state index contributed by atoms with van der Waals surface area (Å²) in [5, 5.41) is 3.88. The van der Waals surface area contributed by atoms with Gasteiger partial charge >= 0.3 is 6.61 Å². The molecule has 0 bridgehead atoms. The van der Waals surface area contributed by atoms with E-state index in [-0.39, 0.29) is 11.9 Å². The van der Waals surface area contributed by atoms with Gasteiger partial charge in [-0.2, -0.15) is 8.78 Å². The Morgan fingerprint density at radius 3 is 3.00 bits per heavy atom. The molecule has 1 atom stereocenters. The van der Waals surface area contributed by atoms with Crippen LogP contribution >= 0.6 is 0 Å². The standard InChI is InChI=1S/C16H18F2N2O3/c1-11-7-14(23-19-11)9-20-5-6-21-15(10-20)12-3-2-4-13(8-12)22-16(17)18/h2-4,7-8,15-16H,5-6,9-10H2,1H3/t15-/m0/s1. The molecular formula is C16H18F2N2O3. The third-order valence-electron chi connectivity index (χ3n) is 3.66.